The quantitative estimate of drug-likeness (QED) is 0.315. The molecule has 0 aliphatic carbocycles. The predicted molar refractivity (Wildman–Crippen MR) is 139 cm³/mol. The Hall–Kier alpha value is -3.44. The molecule has 0 heterocycles. The molecule has 0 saturated carbocycles. The maximum atomic E-state index is 12.8. The van der Waals surface area contributed by atoms with Crippen LogP contribution in [0.3, 0.4) is 0 Å². The number of carbonyl (C=O) groups is 3. The van der Waals surface area contributed by atoms with Gasteiger partial charge < -0.3 is 10.0 Å². The van der Waals surface area contributed by atoms with Crippen LogP contribution in [0, 0.1) is 5.92 Å². The molecule has 35 heavy (non-hydrogen) atoms. The molecule has 0 aliphatic heterocycles. The zero-order chi connectivity index (χ0) is 25.4. The van der Waals surface area contributed by atoms with E-state index in [-0.39, 0.29) is 18.1 Å². The van der Waals surface area contributed by atoms with Crippen molar-refractivity contribution in [2.24, 2.45) is 5.92 Å². The van der Waals surface area contributed by atoms with Gasteiger partial charge >= 0.3 is 5.97 Å². The van der Waals surface area contributed by atoms with Gasteiger partial charge in [-0.3, -0.25) is 14.4 Å². The number of nitrogens with zero attached hydrogens (tertiary/aromatic N) is 1. The normalized spacial score (nSPS) is 11.6. The van der Waals surface area contributed by atoms with Gasteiger partial charge in [-0.25, -0.2) is 0 Å². The van der Waals surface area contributed by atoms with Crippen molar-refractivity contribution in [3.05, 3.63) is 94.5 Å². The second-order valence-electron chi connectivity index (χ2n) is 8.46. The first-order valence-corrected chi connectivity index (χ1v) is 12.2. The second kappa shape index (κ2) is 12.3. The molecule has 0 bridgehead atoms. The Bertz CT molecular complexity index is 1170. The molecule has 0 radical (unpaired) electrons. The van der Waals surface area contributed by atoms with Crippen LogP contribution in [0.4, 0.5) is 0 Å². The van der Waals surface area contributed by atoms with Crippen molar-refractivity contribution in [1.82, 2.24) is 4.90 Å². The number of carboxylic acids is 1. The number of hydrogen-bond acceptors (Lipinski definition) is 3. The number of ketones is 1. The molecule has 1 atom stereocenters. The Balaban J connectivity index is 1.64. The van der Waals surface area contributed by atoms with Crippen LogP contribution < -0.4 is 0 Å². The van der Waals surface area contributed by atoms with Gasteiger partial charge in [0, 0.05) is 35.7 Å². The van der Waals surface area contributed by atoms with Crippen molar-refractivity contribution in [1.29, 1.82) is 0 Å². The lowest BCUT2D eigenvalue weighted by atomic mass is 9.91. The summed E-state index contributed by atoms with van der Waals surface area (Å²) in [6.45, 7) is 5.13. The summed E-state index contributed by atoms with van der Waals surface area (Å²) in [5.74, 6) is -2.04. The van der Waals surface area contributed by atoms with Crippen molar-refractivity contribution in [2.75, 3.05) is 13.1 Å². The average molecular weight is 492 g/mol. The minimum absolute atomic E-state index is 0.0381. The molecule has 5 nitrogen and oxygen atoms in total. The molecule has 0 spiro atoms. The third kappa shape index (κ3) is 7.03. The molecule has 3 aromatic rings. The Labute approximate surface area is 211 Å². The molecular weight excluding hydrogens is 462 g/mol. The molecule has 0 saturated heterocycles. The molecular formula is C29H30ClNO4. The van der Waals surface area contributed by atoms with Gasteiger partial charge in [0.1, 0.15) is 0 Å². The van der Waals surface area contributed by atoms with Crippen LogP contribution in [0.2, 0.25) is 5.02 Å². The van der Waals surface area contributed by atoms with Gasteiger partial charge in [-0.2, -0.15) is 0 Å². The number of halogens is 1. The van der Waals surface area contributed by atoms with E-state index in [0.29, 0.717) is 42.1 Å². The molecule has 0 fully saturated rings. The monoisotopic (exact) mass is 491 g/mol. The van der Waals surface area contributed by atoms with E-state index in [1.807, 2.05) is 68.4 Å². The molecule has 0 aromatic heterocycles. The highest BCUT2D eigenvalue weighted by Gasteiger charge is 2.22. The standard InChI is InChI=1S/C29H30ClNO4/c1-3-31(4-2)28(33)24-7-5-6-20(18-24)8-9-25(29(34)35)19-27(32)23-12-10-21(11-13-23)22-14-16-26(30)17-15-22/h5-7,10-18,25H,3-4,8-9,19H2,1-2H3,(H,34,35)/t25-/m1/s1. The van der Waals surface area contributed by atoms with Gasteiger partial charge in [0.25, 0.3) is 5.91 Å². The number of hydrogen-bond donors (Lipinski definition) is 1. The van der Waals surface area contributed by atoms with Crippen molar-refractivity contribution in [2.45, 2.75) is 33.1 Å². The summed E-state index contributed by atoms with van der Waals surface area (Å²) in [6.07, 6.45) is 0.708. The van der Waals surface area contributed by atoms with E-state index < -0.39 is 11.9 Å². The molecule has 6 heteroatoms. The van der Waals surface area contributed by atoms with E-state index >= 15 is 0 Å². The lowest BCUT2D eigenvalue weighted by molar-refractivity contribution is -0.141. The van der Waals surface area contributed by atoms with E-state index in [0.717, 1.165) is 16.7 Å². The zero-order valence-electron chi connectivity index (χ0n) is 20.0. The maximum Gasteiger partial charge on any atom is 0.306 e. The molecule has 0 unspecified atom stereocenters. The van der Waals surface area contributed by atoms with Gasteiger partial charge in [-0.05, 0) is 67.6 Å². The first-order chi connectivity index (χ1) is 16.8. The number of carbonyl (C=O) groups excluding carboxylic acids is 2. The minimum Gasteiger partial charge on any atom is -0.481 e. The third-order valence-corrected chi connectivity index (χ3v) is 6.42. The fourth-order valence-electron chi connectivity index (χ4n) is 4.04. The van der Waals surface area contributed by atoms with Crippen LogP contribution in [0.5, 0.6) is 0 Å². The number of carboxylic acid groups (broad SMARTS) is 1. The maximum absolute atomic E-state index is 12.8. The summed E-state index contributed by atoms with van der Waals surface area (Å²) in [5.41, 5.74) is 3.90. The van der Waals surface area contributed by atoms with Crippen LogP contribution in [-0.4, -0.2) is 40.8 Å². The summed E-state index contributed by atoms with van der Waals surface area (Å²) in [7, 11) is 0. The van der Waals surface area contributed by atoms with E-state index in [9.17, 15) is 19.5 Å². The highest BCUT2D eigenvalue weighted by molar-refractivity contribution is 6.30. The first kappa shape index (κ1) is 26.2. The molecule has 0 aliphatic rings. The Morgan fingerprint density at radius 3 is 2.03 bits per heavy atom. The van der Waals surface area contributed by atoms with Crippen LogP contribution in [0.15, 0.2) is 72.8 Å². The fraction of sp³-hybridized carbons (Fsp3) is 0.276. The molecule has 182 valence electrons. The van der Waals surface area contributed by atoms with Crippen molar-refractivity contribution < 1.29 is 19.5 Å². The number of benzene rings is 3. The predicted octanol–water partition coefficient (Wildman–Crippen LogP) is 6.40. The van der Waals surface area contributed by atoms with Crippen molar-refractivity contribution >= 4 is 29.3 Å². The summed E-state index contributed by atoms with van der Waals surface area (Å²) < 4.78 is 0. The number of Topliss-reactive ketones (excluding diaryl/α,β-unsaturated/α-hetero) is 1. The van der Waals surface area contributed by atoms with E-state index in [2.05, 4.69) is 0 Å². The summed E-state index contributed by atoms with van der Waals surface area (Å²) in [5, 5.41) is 10.4. The smallest absolute Gasteiger partial charge is 0.306 e. The zero-order valence-corrected chi connectivity index (χ0v) is 20.8. The van der Waals surface area contributed by atoms with Crippen LogP contribution in [0.1, 0.15) is 53.0 Å². The fourth-order valence-corrected chi connectivity index (χ4v) is 4.17. The summed E-state index contributed by atoms with van der Waals surface area (Å²) in [6, 6.07) is 21.9. The topological polar surface area (TPSA) is 74.7 Å². The van der Waals surface area contributed by atoms with Gasteiger partial charge in [0.05, 0.1) is 5.92 Å². The largest absolute Gasteiger partial charge is 0.481 e. The number of aliphatic carboxylic acids is 1. The Kier molecular flexibility index (Phi) is 9.21. The average Bonchev–Trinajstić information content (AvgIpc) is 2.87. The van der Waals surface area contributed by atoms with Gasteiger partial charge in [0.15, 0.2) is 5.78 Å². The van der Waals surface area contributed by atoms with E-state index in [1.165, 1.54) is 0 Å². The highest BCUT2D eigenvalue weighted by atomic mass is 35.5. The van der Waals surface area contributed by atoms with Crippen molar-refractivity contribution in [3.63, 3.8) is 0 Å². The number of rotatable bonds is 11. The third-order valence-electron chi connectivity index (χ3n) is 6.17. The molecule has 1 N–H and O–H groups in total. The van der Waals surface area contributed by atoms with Crippen LogP contribution in [0.25, 0.3) is 11.1 Å². The van der Waals surface area contributed by atoms with Crippen LogP contribution in [-0.2, 0) is 11.2 Å². The van der Waals surface area contributed by atoms with E-state index in [4.69, 9.17) is 11.6 Å². The SMILES string of the molecule is CCN(CC)C(=O)c1cccc(CC[C@H](CC(=O)c2ccc(-c3ccc(Cl)cc3)cc2)C(=O)O)c1. The lowest BCUT2D eigenvalue weighted by Gasteiger charge is -2.19. The van der Waals surface area contributed by atoms with Crippen LogP contribution >= 0.6 is 11.6 Å². The van der Waals surface area contributed by atoms with Gasteiger partial charge in [0.2, 0.25) is 0 Å². The minimum atomic E-state index is -0.994. The highest BCUT2D eigenvalue weighted by Crippen LogP contribution is 2.23. The van der Waals surface area contributed by atoms with Crippen molar-refractivity contribution in [3.8, 4) is 11.1 Å². The number of amides is 1. The summed E-state index contributed by atoms with van der Waals surface area (Å²) >= 11 is 5.94. The Morgan fingerprint density at radius 1 is 0.857 bits per heavy atom. The molecule has 3 aromatic carbocycles. The first-order valence-electron chi connectivity index (χ1n) is 11.8. The number of aryl methyl sites for hydroxylation is 1. The van der Waals surface area contributed by atoms with Gasteiger partial charge in [-0.1, -0.05) is 60.1 Å². The lowest BCUT2D eigenvalue weighted by Crippen LogP contribution is -2.30. The Morgan fingerprint density at radius 2 is 1.46 bits per heavy atom. The molecule has 3 rings (SSSR count). The van der Waals surface area contributed by atoms with E-state index in [1.54, 1.807) is 23.1 Å². The molecule has 1 amide bonds. The van der Waals surface area contributed by atoms with Gasteiger partial charge in [-0.15, -0.1) is 0 Å². The second-order valence-corrected chi connectivity index (χ2v) is 8.90. The summed E-state index contributed by atoms with van der Waals surface area (Å²) in [4.78, 5) is 39.1.